The molecule has 5 nitrogen and oxygen atoms in total. The Balaban J connectivity index is 1.65. The van der Waals surface area contributed by atoms with Gasteiger partial charge >= 0.3 is 0 Å². The predicted octanol–water partition coefficient (Wildman–Crippen LogP) is 5.36. The van der Waals surface area contributed by atoms with Crippen molar-refractivity contribution in [2.75, 3.05) is 23.1 Å². The van der Waals surface area contributed by atoms with E-state index < -0.39 is 10.0 Å². The quantitative estimate of drug-likeness (QED) is 0.363. The minimum absolute atomic E-state index is 0.157. The van der Waals surface area contributed by atoms with Crippen molar-refractivity contribution >= 4 is 33.4 Å². The van der Waals surface area contributed by atoms with Crippen LogP contribution >= 0.6 is 11.8 Å². The lowest BCUT2D eigenvalue weighted by Crippen LogP contribution is -2.41. The molecule has 0 radical (unpaired) electrons. The van der Waals surface area contributed by atoms with Gasteiger partial charge in [0.15, 0.2) is 0 Å². The van der Waals surface area contributed by atoms with Crippen LogP contribution in [0.5, 0.6) is 0 Å². The largest absolute Gasteiger partial charge is 0.354 e. The molecule has 0 aliphatic carbocycles. The minimum Gasteiger partial charge on any atom is -0.354 e. The van der Waals surface area contributed by atoms with E-state index in [2.05, 4.69) is 50.4 Å². The van der Waals surface area contributed by atoms with Crippen molar-refractivity contribution in [3.8, 4) is 0 Å². The second-order valence-corrected chi connectivity index (χ2v) is 11.4. The minimum atomic E-state index is -3.89. The zero-order chi connectivity index (χ0) is 24.6. The highest BCUT2D eigenvalue weighted by molar-refractivity contribution is 7.98. The van der Waals surface area contributed by atoms with Crippen LogP contribution < -0.4 is 9.62 Å². The third-order valence-electron chi connectivity index (χ3n) is 5.42. The van der Waals surface area contributed by atoms with Gasteiger partial charge in [-0.2, -0.15) is 11.8 Å². The lowest BCUT2D eigenvalue weighted by Gasteiger charge is -2.24. The number of amides is 1. The summed E-state index contributed by atoms with van der Waals surface area (Å²) < 4.78 is 28.0. The van der Waals surface area contributed by atoms with Crippen LogP contribution in [-0.2, 0) is 20.6 Å². The van der Waals surface area contributed by atoms with E-state index in [-0.39, 0.29) is 17.3 Å². The summed E-state index contributed by atoms with van der Waals surface area (Å²) in [5, 5.41) is 2.87. The second-order valence-electron chi connectivity index (χ2n) is 8.46. The van der Waals surface area contributed by atoms with Crippen LogP contribution in [0.1, 0.15) is 36.5 Å². The van der Waals surface area contributed by atoms with Gasteiger partial charge < -0.3 is 5.32 Å². The fraction of sp³-hybridized carbons (Fsp3) is 0.296. The average Bonchev–Trinajstić information content (AvgIpc) is 2.84. The summed E-state index contributed by atoms with van der Waals surface area (Å²) in [7, 11) is -3.89. The maximum atomic E-state index is 13.4. The van der Waals surface area contributed by atoms with Gasteiger partial charge in [0.25, 0.3) is 10.0 Å². The molecule has 3 rings (SSSR count). The molecule has 0 atom stereocenters. The van der Waals surface area contributed by atoms with Crippen molar-refractivity contribution in [3.05, 3.63) is 95.6 Å². The molecular weight excluding hydrogens is 464 g/mol. The normalized spacial score (nSPS) is 11.4. The number of aryl methyl sites for hydroxylation is 1. The van der Waals surface area contributed by atoms with E-state index in [0.717, 1.165) is 17.1 Å². The molecule has 1 amide bonds. The van der Waals surface area contributed by atoms with Gasteiger partial charge in [0.1, 0.15) is 6.54 Å². The first-order valence-electron chi connectivity index (χ1n) is 11.3. The number of anilines is 1. The zero-order valence-corrected chi connectivity index (χ0v) is 21.5. The Labute approximate surface area is 207 Å². The van der Waals surface area contributed by atoms with E-state index in [4.69, 9.17) is 0 Å². The molecule has 0 unspecified atom stereocenters. The van der Waals surface area contributed by atoms with E-state index in [1.807, 2.05) is 12.1 Å². The molecule has 3 aromatic rings. The fourth-order valence-electron chi connectivity index (χ4n) is 3.38. The molecule has 0 saturated carbocycles. The molecule has 1 N–H and O–H groups in total. The van der Waals surface area contributed by atoms with Crippen molar-refractivity contribution < 1.29 is 13.2 Å². The van der Waals surface area contributed by atoms with Crippen molar-refractivity contribution in [2.24, 2.45) is 0 Å². The maximum Gasteiger partial charge on any atom is 0.264 e. The molecule has 0 aliphatic rings. The molecule has 0 saturated heterocycles. The molecule has 0 heterocycles. The third-order valence-corrected chi connectivity index (χ3v) is 8.24. The standard InChI is InChI=1S/C27H32N2O3S2/c1-21(2)24-13-15-25(16-14-24)29(34(31,32)26-7-5-4-6-8-26)19-27(30)28-17-18-33-20-23-11-9-22(3)10-12-23/h4-16,21H,17-20H2,1-3H3,(H,28,30). The summed E-state index contributed by atoms with van der Waals surface area (Å²) >= 11 is 1.73. The van der Waals surface area contributed by atoms with Gasteiger partial charge in [0.05, 0.1) is 10.6 Å². The van der Waals surface area contributed by atoms with Gasteiger partial charge in [-0.3, -0.25) is 9.10 Å². The highest BCUT2D eigenvalue weighted by atomic mass is 32.2. The van der Waals surface area contributed by atoms with E-state index >= 15 is 0 Å². The number of carbonyl (C=O) groups excluding carboxylic acids is 1. The number of rotatable bonds is 11. The van der Waals surface area contributed by atoms with Crippen LogP contribution in [0, 0.1) is 6.92 Å². The molecule has 7 heteroatoms. The Kier molecular flexibility index (Phi) is 9.19. The molecule has 0 spiro atoms. The first-order valence-corrected chi connectivity index (χ1v) is 13.9. The number of hydrogen-bond donors (Lipinski definition) is 1. The van der Waals surface area contributed by atoms with Crippen molar-refractivity contribution in [2.45, 2.75) is 37.3 Å². The maximum absolute atomic E-state index is 13.4. The highest BCUT2D eigenvalue weighted by Gasteiger charge is 2.27. The number of carbonyl (C=O) groups is 1. The smallest absolute Gasteiger partial charge is 0.264 e. The number of sulfonamides is 1. The van der Waals surface area contributed by atoms with Gasteiger partial charge in [0, 0.05) is 18.1 Å². The monoisotopic (exact) mass is 496 g/mol. The van der Waals surface area contributed by atoms with Gasteiger partial charge in [-0.15, -0.1) is 0 Å². The molecular formula is C27H32N2O3S2. The van der Waals surface area contributed by atoms with E-state index in [0.29, 0.717) is 18.2 Å². The molecule has 0 aromatic heterocycles. The van der Waals surface area contributed by atoms with Gasteiger partial charge in [-0.1, -0.05) is 74.0 Å². The van der Waals surface area contributed by atoms with E-state index in [9.17, 15) is 13.2 Å². The summed E-state index contributed by atoms with van der Waals surface area (Å²) in [4.78, 5) is 12.9. The molecule has 0 aliphatic heterocycles. The van der Waals surface area contributed by atoms with Crippen LogP contribution in [0.15, 0.2) is 83.8 Å². The van der Waals surface area contributed by atoms with Crippen LogP contribution in [0.2, 0.25) is 0 Å². The first-order chi connectivity index (χ1) is 16.3. The summed E-state index contributed by atoms with van der Waals surface area (Å²) in [5.74, 6) is 1.61. The summed E-state index contributed by atoms with van der Waals surface area (Å²) in [6.45, 7) is 6.42. The number of thioether (sulfide) groups is 1. The summed E-state index contributed by atoms with van der Waals surface area (Å²) in [5.41, 5.74) is 4.05. The molecule has 180 valence electrons. The SMILES string of the molecule is Cc1ccc(CSCCNC(=O)CN(c2ccc(C(C)C)cc2)S(=O)(=O)c2ccccc2)cc1. The number of benzene rings is 3. The molecule has 0 fully saturated rings. The average molecular weight is 497 g/mol. The second kappa shape index (κ2) is 12.1. The van der Waals surface area contributed by atoms with Crippen LogP contribution in [0.4, 0.5) is 5.69 Å². The number of hydrogen-bond acceptors (Lipinski definition) is 4. The Morgan fingerprint density at radius 1 is 0.941 bits per heavy atom. The molecule has 34 heavy (non-hydrogen) atoms. The van der Waals surface area contributed by atoms with E-state index in [1.54, 1.807) is 54.2 Å². The predicted molar refractivity (Wildman–Crippen MR) is 142 cm³/mol. The van der Waals surface area contributed by atoms with E-state index in [1.165, 1.54) is 15.4 Å². The zero-order valence-electron chi connectivity index (χ0n) is 19.9. The van der Waals surface area contributed by atoms with Gasteiger partial charge in [-0.05, 0) is 48.2 Å². The number of nitrogens with zero attached hydrogens (tertiary/aromatic N) is 1. The van der Waals surface area contributed by atoms with Crippen molar-refractivity contribution in [1.29, 1.82) is 0 Å². The van der Waals surface area contributed by atoms with Crippen molar-refractivity contribution in [3.63, 3.8) is 0 Å². The van der Waals surface area contributed by atoms with Crippen LogP contribution in [-0.4, -0.2) is 33.2 Å². The first kappa shape index (κ1) is 25.8. The van der Waals surface area contributed by atoms with Crippen LogP contribution in [0.3, 0.4) is 0 Å². The lowest BCUT2D eigenvalue weighted by atomic mass is 10.0. The Hall–Kier alpha value is -2.77. The Morgan fingerprint density at radius 2 is 1.59 bits per heavy atom. The van der Waals surface area contributed by atoms with Gasteiger partial charge in [0.2, 0.25) is 5.91 Å². The van der Waals surface area contributed by atoms with Crippen molar-refractivity contribution in [1.82, 2.24) is 5.32 Å². The molecule has 0 bridgehead atoms. The highest BCUT2D eigenvalue weighted by Crippen LogP contribution is 2.25. The third kappa shape index (κ3) is 7.11. The van der Waals surface area contributed by atoms with Gasteiger partial charge in [-0.25, -0.2) is 8.42 Å². The van der Waals surface area contributed by atoms with Crippen LogP contribution in [0.25, 0.3) is 0 Å². The Bertz CT molecular complexity index is 1160. The molecule has 3 aromatic carbocycles. The number of nitrogens with one attached hydrogen (secondary N) is 1. The Morgan fingerprint density at radius 3 is 2.21 bits per heavy atom. The topological polar surface area (TPSA) is 66.5 Å². The lowest BCUT2D eigenvalue weighted by molar-refractivity contribution is -0.119. The fourth-order valence-corrected chi connectivity index (χ4v) is 5.64. The summed E-state index contributed by atoms with van der Waals surface area (Å²) in [6.07, 6.45) is 0. The summed E-state index contributed by atoms with van der Waals surface area (Å²) in [6, 6.07) is 24.0.